The van der Waals surface area contributed by atoms with E-state index in [0.29, 0.717) is 0 Å². The van der Waals surface area contributed by atoms with E-state index in [0.717, 1.165) is 12.1 Å². The molecule has 0 aliphatic rings. The minimum atomic E-state index is -4.92. The molecule has 2 N–H and O–H groups in total. The number of carboxylic acids is 1. The van der Waals surface area contributed by atoms with Crippen molar-refractivity contribution in [2.75, 3.05) is 0 Å². The molecule has 0 radical (unpaired) electrons. The van der Waals surface area contributed by atoms with Gasteiger partial charge in [0.25, 0.3) is 0 Å². The predicted molar refractivity (Wildman–Crippen MR) is 58.3 cm³/mol. The third kappa shape index (κ3) is 2.48. The number of alkyl halides is 3. The molecule has 0 heterocycles. The summed E-state index contributed by atoms with van der Waals surface area (Å²) in [5, 5.41) is 18.7. The van der Waals surface area contributed by atoms with Crippen molar-refractivity contribution in [2.45, 2.75) is 31.5 Å². The predicted octanol–water partition coefficient (Wildman–Crippen LogP) is 2.93. The van der Waals surface area contributed by atoms with Crippen molar-refractivity contribution in [2.24, 2.45) is 0 Å². The van der Waals surface area contributed by atoms with Crippen LogP contribution in [0.2, 0.25) is 0 Å². The van der Waals surface area contributed by atoms with Gasteiger partial charge in [-0.1, -0.05) is 31.5 Å². The van der Waals surface area contributed by atoms with E-state index < -0.39 is 35.3 Å². The Morgan fingerprint density at radius 2 is 1.83 bits per heavy atom. The van der Waals surface area contributed by atoms with E-state index in [1.807, 2.05) is 0 Å². The lowest BCUT2D eigenvalue weighted by molar-refractivity contribution is -0.269. The Morgan fingerprint density at radius 3 is 2.28 bits per heavy atom. The Bertz CT molecular complexity index is 442. The average Bonchev–Trinajstić information content (AvgIpc) is 2.27. The standard InChI is InChI=1S/C12H13F3O3/c1-2-7-11(18,12(13,14)15)9-6-4-3-5-8(9)10(16)17/h3-6,18H,2,7H2,1H3,(H,16,17). The average molecular weight is 262 g/mol. The third-order valence-electron chi connectivity index (χ3n) is 2.68. The molecule has 6 heteroatoms. The van der Waals surface area contributed by atoms with Gasteiger partial charge >= 0.3 is 12.1 Å². The highest BCUT2D eigenvalue weighted by Crippen LogP contribution is 2.43. The minimum Gasteiger partial charge on any atom is -0.478 e. The van der Waals surface area contributed by atoms with Crippen LogP contribution in [-0.4, -0.2) is 22.4 Å². The summed E-state index contributed by atoms with van der Waals surface area (Å²) in [7, 11) is 0. The second-order valence-electron chi connectivity index (χ2n) is 3.96. The molecule has 1 aromatic carbocycles. The van der Waals surface area contributed by atoms with Crippen LogP contribution in [0.25, 0.3) is 0 Å². The van der Waals surface area contributed by atoms with Gasteiger partial charge in [0.2, 0.25) is 0 Å². The fourth-order valence-corrected chi connectivity index (χ4v) is 1.82. The van der Waals surface area contributed by atoms with Gasteiger partial charge in [-0.2, -0.15) is 13.2 Å². The van der Waals surface area contributed by atoms with Gasteiger partial charge in [-0.15, -0.1) is 0 Å². The van der Waals surface area contributed by atoms with Crippen molar-refractivity contribution >= 4 is 5.97 Å². The lowest BCUT2D eigenvalue weighted by Crippen LogP contribution is -2.43. The van der Waals surface area contributed by atoms with Crippen molar-refractivity contribution < 1.29 is 28.2 Å². The van der Waals surface area contributed by atoms with Crippen molar-refractivity contribution in [3.8, 4) is 0 Å². The quantitative estimate of drug-likeness (QED) is 0.877. The maximum atomic E-state index is 13.0. The minimum absolute atomic E-state index is 0.0734. The van der Waals surface area contributed by atoms with Crippen LogP contribution in [0.3, 0.4) is 0 Å². The van der Waals surface area contributed by atoms with Gasteiger partial charge in [-0.3, -0.25) is 0 Å². The van der Waals surface area contributed by atoms with E-state index in [1.54, 1.807) is 0 Å². The van der Waals surface area contributed by atoms with Crippen LogP contribution < -0.4 is 0 Å². The first-order valence-electron chi connectivity index (χ1n) is 5.36. The zero-order chi connectivity index (χ0) is 14.0. The molecule has 0 bridgehead atoms. The van der Waals surface area contributed by atoms with Crippen molar-refractivity contribution in [1.82, 2.24) is 0 Å². The number of rotatable bonds is 4. The SMILES string of the molecule is CCCC(O)(c1ccccc1C(=O)O)C(F)(F)F. The number of halogens is 3. The molecule has 1 atom stereocenters. The Labute approximate surface area is 102 Å². The highest BCUT2D eigenvalue weighted by molar-refractivity contribution is 5.89. The normalized spacial score (nSPS) is 15.2. The summed E-state index contributed by atoms with van der Waals surface area (Å²) in [4.78, 5) is 10.9. The molecule has 0 aliphatic carbocycles. The third-order valence-corrected chi connectivity index (χ3v) is 2.68. The monoisotopic (exact) mass is 262 g/mol. The summed E-state index contributed by atoms with van der Waals surface area (Å²) in [6.45, 7) is 1.49. The Hall–Kier alpha value is -1.56. The lowest BCUT2D eigenvalue weighted by Gasteiger charge is -2.31. The summed E-state index contributed by atoms with van der Waals surface area (Å²) in [6.07, 6.45) is -5.43. The molecule has 100 valence electrons. The van der Waals surface area contributed by atoms with E-state index in [1.165, 1.54) is 19.1 Å². The largest absolute Gasteiger partial charge is 0.478 e. The maximum Gasteiger partial charge on any atom is 0.421 e. The first-order chi connectivity index (χ1) is 8.24. The Kier molecular flexibility index (Phi) is 4.01. The number of carboxylic acid groups (broad SMARTS) is 1. The van der Waals surface area contributed by atoms with E-state index >= 15 is 0 Å². The van der Waals surface area contributed by atoms with Gasteiger partial charge < -0.3 is 10.2 Å². The molecule has 3 nitrogen and oxygen atoms in total. The first-order valence-corrected chi connectivity index (χ1v) is 5.36. The number of hydrogen-bond donors (Lipinski definition) is 2. The second-order valence-corrected chi connectivity index (χ2v) is 3.96. The van der Waals surface area contributed by atoms with Gasteiger partial charge in [-0.05, 0) is 12.5 Å². The van der Waals surface area contributed by atoms with Crippen LogP contribution in [-0.2, 0) is 5.60 Å². The molecular weight excluding hydrogens is 249 g/mol. The summed E-state index contributed by atoms with van der Waals surface area (Å²) in [5.41, 5.74) is -4.28. The Balaban J connectivity index is 3.44. The zero-order valence-corrected chi connectivity index (χ0v) is 9.66. The molecule has 0 saturated heterocycles. The van der Waals surface area contributed by atoms with Crippen molar-refractivity contribution in [1.29, 1.82) is 0 Å². The molecule has 0 fully saturated rings. The van der Waals surface area contributed by atoms with Gasteiger partial charge in [-0.25, -0.2) is 4.79 Å². The van der Waals surface area contributed by atoms with Gasteiger partial charge in [0, 0.05) is 5.56 Å². The molecular formula is C12H13F3O3. The lowest BCUT2D eigenvalue weighted by atomic mass is 9.85. The number of hydrogen-bond acceptors (Lipinski definition) is 2. The highest BCUT2D eigenvalue weighted by atomic mass is 19.4. The highest BCUT2D eigenvalue weighted by Gasteiger charge is 2.55. The van der Waals surface area contributed by atoms with Crippen LogP contribution in [0.5, 0.6) is 0 Å². The number of aromatic carboxylic acids is 1. The molecule has 18 heavy (non-hydrogen) atoms. The molecule has 0 aliphatic heterocycles. The van der Waals surface area contributed by atoms with Crippen LogP contribution >= 0.6 is 0 Å². The molecule has 0 aromatic heterocycles. The molecule has 0 amide bonds. The Morgan fingerprint density at radius 1 is 1.28 bits per heavy atom. The smallest absolute Gasteiger partial charge is 0.421 e. The maximum absolute atomic E-state index is 13.0. The van der Waals surface area contributed by atoms with Crippen molar-refractivity contribution in [3.05, 3.63) is 35.4 Å². The summed E-state index contributed by atoms with van der Waals surface area (Å²) in [6, 6.07) is 4.63. The zero-order valence-electron chi connectivity index (χ0n) is 9.66. The topological polar surface area (TPSA) is 57.5 Å². The van der Waals surface area contributed by atoms with Crippen molar-refractivity contribution in [3.63, 3.8) is 0 Å². The van der Waals surface area contributed by atoms with Gasteiger partial charge in [0.15, 0.2) is 5.60 Å². The first kappa shape index (κ1) is 14.5. The fourth-order valence-electron chi connectivity index (χ4n) is 1.82. The van der Waals surface area contributed by atoms with Crippen LogP contribution in [0.4, 0.5) is 13.2 Å². The van der Waals surface area contributed by atoms with E-state index in [2.05, 4.69) is 0 Å². The van der Waals surface area contributed by atoms with Crippen LogP contribution in [0.15, 0.2) is 24.3 Å². The summed E-state index contributed by atoms with van der Waals surface area (Å²) < 4.78 is 38.9. The molecule has 1 unspecified atom stereocenters. The molecule has 0 saturated carbocycles. The molecule has 0 spiro atoms. The van der Waals surface area contributed by atoms with E-state index in [9.17, 15) is 23.1 Å². The number of aliphatic hydroxyl groups is 1. The fraction of sp³-hybridized carbons (Fsp3) is 0.417. The molecule has 1 rings (SSSR count). The number of carbonyl (C=O) groups is 1. The van der Waals surface area contributed by atoms with Gasteiger partial charge in [0.1, 0.15) is 0 Å². The van der Waals surface area contributed by atoms with Crippen LogP contribution in [0, 0.1) is 0 Å². The van der Waals surface area contributed by atoms with E-state index in [-0.39, 0.29) is 6.42 Å². The number of benzene rings is 1. The van der Waals surface area contributed by atoms with Crippen LogP contribution in [0.1, 0.15) is 35.7 Å². The summed E-state index contributed by atoms with van der Waals surface area (Å²) >= 11 is 0. The van der Waals surface area contributed by atoms with Gasteiger partial charge in [0.05, 0.1) is 5.56 Å². The molecule has 1 aromatic rings. The summed E-state index contributed by atoms with van der Waals surface area (Å²) in [5.74, 6) is -1.50. The van der Waals surface area contributed by atoms with E-state index in [4.69, 9.17) is 5.11 Å². The second kappa shape index (κ2) is 4.97.